The molecule has 0 fully saturated rings. The minimum absolute atomic E-state index is 0.424. The fraction of sp³-hybridized carbons (Fsp3) is 0.500. The first kappa shape index (κ1) is 14.5. The Bertz CT molecular complexity index is 379. The van der Waals surface area contributed by atoms with Gasteiger partial charge in [-0.25, -0.2) is 9.59 Å². The van der Waals surface area contributed by atoms with Crippen LogP contribution in [0.25, 0.3) is 0 Å². The third-order valence-electron chi connectivity index (χ3n) is 2.42. The summed E-state index contributed by atoms with van der Waals surface area (Å²) < 4.78 is 0. The Balaban J connectivity index is 2.25. The number of aliphatic carboxylic acids is 1. The molecule has 0 saturated carbocycles. The smallest absolute Gasteiger partial charge is 0.326 e. The number of amides is 2. The molecule has 3 N–H and O–H groups in total. The molecule has 1 aromatic rings. The molecule has 0 spiro atoms. The van der Waals surface area contributed by atoms with E-state index in [0.717, 1.165) is 6.42 Å². The molecular formula is C12H18N2O3S. The predicted molar refractivity (Wildman–Crippen MR) is 70.9 cm³/mol. The van der Waals surface area contributed by atoms with Crippen molar-refractivity contribution in [3.05, 3.63) is 22.4 Å². The lowest BCUT2D eigenvalue weighted by Gasteiger charge is -2.14. The van der Waals surface area contributed by atoms with Gasteiger partial charge in [0.1, 0.15) is 6.04 Å². The number of carbonyl (C=O) groups is 2. The second-order valence-electron chi connectivity index (χ2n) is 3.91. The molecular weight excluding hydrogens is 252 g/mol. The van der Waals surface area contributed by atoms with E-state index in [1.165, 1.54) is 4.88 Å². The molecule has 0 unspecified atom stereocenters. The van der Waals surface area contributed by atoms with E-state index in [-0.39, 0.29) is 0 Å². The Morgan fingerprint density at radius 3 is 2.83 bits per heavy atom. The van der Waals surface area contributed by atoms with Crippen LogP contribution in [0, 0.1) is 0 Å². The van der Waals surface area contributed by atoms with Crippen LogP contribution in [-0.4, -0.2) is 29.7 Å². The van der Waals surface area contributed by atoms with Crippen molar-refractivity contribution in [3.8, 4) is 0 Å². The van der Waals surface area contributed by atoms with Crippen LogP contribution in [0.4, 0.5) is 4.79 Å². The molecule has 0 radical (unpaired) electrons. The molecule has 0 aromatic carbocycles. The van der Waals surface area contributed by atoms with E-state index < -0.39 is 18.0 Å². The zero-order valence-electron chi connectivity index (χ0n) is 10.3. The Morgan fingerprint density at radius 1 is 1.50 bits per heavy atom. The van der Waals surface area contributed by atoms with E-state index in [1.807, 2.05) is 24.4 Å². The molecule has 0 aliphatic rings. The number of thiophene rings is 1. The van der Waals surface area contributed by atoms with Crippen molar-refractivity contribution in [1.29, 1.82) is 0 Å². The maximum Gasteiger partial charge on any atom is 0.326 e. The number of carbonyl (C=O) groups excluding carboxylic acids is 1. The van der Waals surface area contributed by atoms with Crippen LogP contribution in [0.1, 0.15) is 24.6 Å². The summed E-state index contributed by atoms with van der Waals surface area (Å²) >= 11 is 1.64. The number of carboxylic acids is 1. The fourth-order valence-electron chi connectivity index (χ4n) is 1.51. The van der Waals surface area contributed by atoms with Crippen LogP contribution < -0.4 is 10.6 Å². The minimum atomic E-state index is -0.995. The highest BCUT2D eigenvalue weighted by Crippen LogP contribution is 2.07. The lowest BCUT2D eigenvalue weighted by molar-refractivity contribution is -0.139. The SMILES string of the molecule is CCC[C@@H](NC(=O)NCCc1cccs1)C(=O)O. The summed E-state index contributed by atoms with van der Waals surface area (Å²) in [6.45, 7) is 2.39. The van der Waals surface area contributed by atoms with Crippen LogP contribution in [0.2, 0.25) is 0 Å². The first-order valence-corrected chi connectivity index (χ1v) is 6.81. The van der Waals surface area contributed by atoms with Crippen LogP contribution >= 0.6 is 11.3 Å². The lowest BCUT2D eigenvalue weighted by Crippen LogP contribution is -2.46. The molecule has 18 heavy (non-hydrogen) atoms. The zero-order valence-corrected chi connectivity index (χ0v) is 11.1. The monoisotopic (exact) mass is 270 g/mol. The molecule has 0 aliphatic heterocycles. The largest absolute Gasteiger partial charge is 0.480 e. The molecule has 1 heterocycles. The van der Waals surface area contributed by atoms with Gasteiger partial charge in [0.15, 0.2) is 0 Å². The average Bonchev–Trinajstić information content (AvgIpc) is 2.81. The molecule has 1 atom stereocenters. The van der Waals surface area contributed by atoms with Gasteiger partial charge in [-0.3, -0.25) is 0 Å². The number of urea groups is 1. The van der Waals surface area contributed by atoms with E-state index in [4.69, 9.17) is 5.11 Å². The summed E-state index contributed by atoms with van der Waals surface area (Å²) in [6.07, 6.45) is 1.91. The summed E-state index contributed by atoms with van der Waals surface area (Å²) in [6, 6.07) is 2.73. The molecule has 100 valence electrons. The maximum atomic E-state index is 11.5. The molecule has 1 rings (SSSR count). The highest BCUT2D eigenvalue weighted by molar-refractivity contribution is 7.09. The standard InChI is InChI=1S/C12H18N2O3S/c1-2-4-10(11(15)16)14-12(17)13-7-6-9-5-3-8-18-9/h3,5,8,10H,2,4,6-7H2,1H3,(H,15,16)(H2,13,14,17)/t10-/m1/s1. The lowest BCUT2D eigenvalue weighted by atomic mass is 10.2. The molecule has 1 aromatic heterocycles. The molecule has 0 saturated heterocycles. The quantitative estimate of drug-likeness (QED) is 0.707. The fourth-order valence-corrected chi connectivity index (χ4v) is 2.22. The van der Waals surface area contributed by atoms with Crippen molar-refractivity contribution in [2.45, 2.75) is 32.2 Å². The molecule has 5 nitrogen and oxygen atoms in total. The Morgan fingerprint density at radius 2 is 2.28 bits per heavy atom. The van der Waals surface area contributed by atoms with Gasteiger partial charge in [-0.1, -0.05) is 19.4 Å². The zero-order chi connectivity index (χ0) is 13.4. The average molecular weight is 270 g/mol. The van der Waals surface area contributed by atoms with Gasteiger partial charge in [0.25, 0.3) is 0 Å². The Labute approximate surface area is 110 Å². The van der Waals surface area contributed by atoms with E-state index in [0.29, 0.717) is 19.4 Å². The van der Waals surface area contributed by atoms with Crippen LogP contribution in [0.3, 0.4) is 0 Å². The first-order chi connectivity index (χ1) is 8.63. The molecule has 2 amide bonds. The summed E-state index contributed by atoms with van der Waals surface area (Å²) in [4.78, 5) is 23.5. The predicted octanol–water partition coefficient (Wildman–Crippen LogP) is 1.84. The summed E-state index contributed by atoms with van der Waals surface area (Å²) in [5, 5.41) is 16.0. The van der Waals surface area contributed by atoms with Gasteiger partial charge in [-0.2, -0.15) is 0 Å². The number of hydrogen-bond acceptors (Lipinski definition) is 3. The van der Waals surface area contributed by atoms with Crippen LogP contribution in [0.15, 0.2) is 17.5 Å². The second kappa shape index (κ2) is 7.71. The Hall–Kier alpha value is -1.56. The van der Waals surface area contributed by atoms with Crippen molar-refractivity contribution in [2.24, 2.45) is 0 Å². The highest BCUT2D eigenvalue weighted by Gasteiger charge is 2.18. The van der Waals surface area contributed by atoms with Gasteiger partial charge in [0, 0.05) is 11.4 Å². The van der Waals surface area contributed by atoms with Crippen molar-refractivity contribution >= 4 is 23.3 Å². The van der Waals surface area contributed by atoms with Crippen molar-refractivity contribution < 1.29 is 14.7 Å². The summed E-state index contributed by atoms with van der Waals surface area (Å²) in [7, 11) is 0. The maximum absolute atomic E-state index is 11.5. The summed E-state index contributed by atoms with van der Waals surface area (Å²) in [5.41, 5.74) is 0. The molecule has 0 aliphatic carbocycles. The van der Waals surface area contributed by atoms with Gasteiger partial charge in [0.2, 0.25) is 0 Å². The van der Waals surface area contributed by atoms with Gasteiger partial charge in [0.05, 0.1) is 0 Å². The third-order valence-corrected chi connectivity index (χ3v) is 3.35. The van der Waals surface area contributed by atoms with Crippen LogP contribution in [0.5, 0.6) is 0 Å². The van der Waals surface area contributed by atoms with Gasteiger partial charge in [-0.05, 0) is 24.3 Å². The van der Waals surface area contributed by atoms with E-state index in [9.17, 15) is 9.59 Å². The minimum Gasteiger partial charge on any atom is -0.480 e. The second-order valence-corrected chi connectivity index (χ2v) is 4.94. The van der Waals surface area contributed by atoms with Crippen molar-refractivity contribution in [3.63, 3.8) is 0 Å². The van der Waals surface area contributed by atoms with Crippen LogP contribution in [-0.2, 0) is 11.2 Å². The van der Waals surface area contributed by atoms with E-state index >= 15 is 0 Å². The molecule has 6 heteroatoms. The van der Waals surface area contributed by atoms with Gasteiger partial charge < -0.3 is 15.7 Å². The highest BCUT2D eigenvalue weighted by atomic mass is 32.1. The van der Waals surface area contributed by atoms with Crippen molar-refractivity contribution in [2.75, 3.05) is 6.54 Å². The van der Waals surface area contributed by atoms with Gasteiger partial charge >= 0.3 is 12.0 Å². The summed E-state index contributed by atoms with van der Waals surface area (Å²) in [5.74, 6) is -0.995. The first-order valence-electron chi connectivity index (χ1n) is 5.93. The number of hydrogen-bond donors (Lipinski definition) is 3. The van der Waals surface area contributed by atoms with Crippen molar-refractivity contribution in [1.82, 2.24) is 10.6 Å². The molecule has 0 bridgehead atoms. The third kappa shape index (κ3) is 5.18. The normalized spacial score (nSPS) is 11.8. The Kier molecular flexibility index (Phi) is 6.21. The van der Waals surface area contributed by atoms with E-state index in [2.05, 4.69) is 10.6 Å². The number of rotatable bonds is 7. The van der Waals surface area contributed by atoms with Gasteiger partial charge in [-0.15, -0.1) is 11.3 Å². The number of carboxylic acid groups (broad SMARTS) is 1. The topological polar surface area (TPSA) is 78.4 Å². The van der Waals surface area contributed by atoms with E-state index in [1.54, 1.807) is 11.3 Å². The number of nitrogens with one attached hydrogen (secondary N) is 2.